The summed E-state index contributed by atoms with van der Waals surface area (Å²) in [4.78, 5) is 43.6. The first-order chi connectivity index (χ1) is 19.7. The molecule has 41 heavy (non-hydrogen) atoms. The number of benzene rings is 2. The molecule has 4 aliphatic rings. The molecule has 0 aromatic heterocycles. The van der Waals surface area contributed by atoms with Crippen LogP contribution in [0.15, 0.2) is 60.7 Å². The van der Waals surface area contributed by atoms with Crippen LogP contribution in [0.5, 0.6) is 0 Å². The van der Waals surface area contributed by atoms with Gasteiger partial charge in [-0.05, 0) is 60.6 Å². The van der Waals surface area contributed by atoms with Crippen molar-refractivity contribution in [3.8, 4) is 0 Å². The van der Waals surface area contributed by atoms with Crippen LogP contribution >= 0.6 is 23.2 Å². The van der Waals surface area contributed by atoms with Gasteiger partial charge in [-0.3, -0.25) is 14.4 Å². The number of anilines is 1. The number of fused-ring (bicyclic) bond motifs is 1. The van der Waals surface area contributed by atoms with Crippen molar-refractivity contribution in [2.24, 2.45) is 23.7 Å². The zero-order valence-electron chi connectivity index (χ0n) is 23.2. The number of hydrogen-bond donors (Lipinski definition) is 2. The SMILES string of the molecule is C[C@@H]1[C@H](C)CCC[C@@H]1NC(=O)[C@@H]1N(CCc2ccc(Cl)cc2)C(=O)[C@@H]2[C@@H](C(=O)Nc3cccc(Cl)c3)[C@@H]3C=C[C@]21O3. The molecule has 8 atom stereocenters. The second-order valence-electron chi connectivity index (χ2n) is 12.0. The van der Waals surface area contributed by atoms with Crippen molar-refractivity contribution in [2.45, 2.75) is 63.3 Å². The highest BCUT2D eigenvalue weighted by molar-refractivity contribution is 6.31. The van der Waals surface area contributed by atoms with E-state index in [1.165, 1.54) is 0 Å². The molecule has 0 radical (unpaired) electrons. The van der Waals surface area contributed by atoms with Crippen LogP contribution in [-0.2, 0) is 25.5 Å². The number of nitrogens with one attached hydrogen (secondary N) is 2. The molecular formula is C32H35Cl2N3O4. The molecule has 1 saturated carbocycles. The summed E-state index contributed by atoms with van der Waals surface area (Å²) in [5.74, 6) is -1.52. The van der Waals surface area contributed by atoms with Gasteiger partial charge in [-0.1, -0.05) is 80.2 Å². The van der Waals surface area contributed by atoms with Crippen LogP contribution in [0.3, 0.4) is 0 Å². The Hall–Kier alpha value is -2.87. The lowest BCUT2D eigenvalue weighted by atomic mass is 9.73. The minimum absolute atomic E-state index is 0.0272. The number of amides is 3. The van der Waals surface area contributed by atoms with Crippen molar-refractivity contribution in [2.75, 3.05) is 11.9 Å². The fourth-order valence-corrected chi connectivity index (χ4v) is 7.56. The second-order valence-corrected chi connectivity index (χ2v) is 12.9. The summed E-state index contributed by atoms with van der Waals surface area (Å²) >= 11 is 12.2. The minimum atomic E-state index is -1.20. The molecule has 3 aliphatic heterocycles. The lowest BCUT2D eigenvalue weighted by Crippen LogP contribution is -2.58. The largest absolute Gasteiger partial charge is 0.359 e. The lowest BCUT2D eigenvalue weighted by molar-refractivity contribution is -0.141. The van der Waals surface area contributed by atoms with Crippen LogP contribution in [0.1, 0.15) is 38.7 Å². The number of rotatable bonds is 7. The van der Waals surface area contributed by atoms with Crippen molar-refractivity contribution in [1.29, 1.82) is 0 Å². The Bertz CT molecular complexity index is 1380. The van der Waals surface area contributed by atoms with E-state index >= 15 is 0 Å². The number of carbonyl (C=O) groups excluding carboxylic acids is 3. The third-order valence-electron chi connectivity index (χ3n) is 9.61. The van der Waals surface area contributed by atoms with Gasteiger partial charge >= 0.3 is 0 Å². The molecule has 3 amide bonds. The Morgan fingerprint density at radius 2 is 1.83 bits per heavy atom. The smallest absolute Gasteiger partial charge is 0.246 e. The second kappa shape index (κ2) is 11.1. The van der Waals surface area contributed by atoms with Crippen molar-refractivity contribution in [3.05, 3.63) is 76.3 Å². The van der Waals surface area contributed by atoms with E-state index in [1.54, 1.807) is 29.2 Å². The molecule has 2 saturated heterocycles. The van der Waals surface area contributed by atoms with Gasteiger partial charge in [0.15, 0.2) is 0 Å². The minimum Gasteiger partial charge on any atom is -0.359 e. The Kier molecular flexibility index (Phi) is 7.64. The molecule has 9 heteroatoms. The summed E-state index contributed by atoms with van der Waals surface area (Å²) in [6, 6.07) is 13.5. The maximum absolute atomic E-state index is 14.2. The van der Waals surface area contributed by atoms with Gasteiger partial charge in [0.25, 0.3) is 0 Å². The number of carbonyl (C=O) groups is 3. The number of likely N-dealkylation sites (tertiary alicyclic amines) is 1. The normalized spacial score (nSPS) is 33.6. The number of hydrogen-bond acceptors (Lipinski definition) is 4. The van der Waals surface area contributed by atoms with Gasteiger partial charge in [-0.25, -0.2) is 0 Å². The predicted octanol–water partition coefficient (Wildman–Crippen LogP) is 5.27. The van der Waals surface area contributed by atoms with Gasteiger partial charge in [0, 0.05) is 28.3 Å². The topological polar surface area (TPSA) is 87.7 Å². The fraction of sp³-hybridized carbons (Fsp3) is 0.469. The van der Waals surface area contributed by atoms with Gasteiger partial charge < -0.3 is 20.3 Å². The van der Waals surface area contributed by atoms with Crippen LogP contribution in [0.4, 0.5) is 5.69 Å². The molecule has 2 bridgehead atoms. The summed E-state index contributed by atoms with van der Waals surface area (Å²) in [5, 5.41) is 7.35. The summed E-state index contributed by atoms with van der Waals surface area (Å²) in [6.07, 6.45) is 6.74. The maximum atomic E-state index is 14.2. The Morgan fingerprint density at radius 1 is 1.05 bits per heavy atom. The Balaban J connectivity index is 1.30. The molecule has 2 aromatic rings. The van der Waals surface area contributed by atoms with Crippen molar-refractivity contribution >= 4 is 46.6 Å². The van der Waals surface area contributed by atoms with Crippen LogP contribution in [0.25, 0.3) is 0 Å². The fourth-order valence-electron chi connectivity index (χ4n) is 7.25. The molecule has 1 spiro atoms. The first-order valence-electron chi connectivity index (χ1n) is 14.5. The van der Waals surface area contributed by atoms with E-state index in [-0.39, 0.29) is 23.8 Å². The van der Waals surface area contributed by atoms with Crippen LogP contribution in [0, 0.1) is 23.7 Å². The van der Waals surface area contributed by atoms with E-state index in [0.29, 0.717) is 40.5 Å². The molecule has 1 aliphatic carbocycles. The van der Waals surface area contributed by atoms with E-state index < -0.39 is 29.6 Å². The molecule has 3 heterocycles. The highest BCUT2D eigenvalue weighted by atomic mass is 35.5. The Labute approximate surface area is 250 Å². The zero-order valence-corrected chi connectivity index (χ0v) is 24.7. The van der Waals surface area contributed by atoms with Gasteiger partial charge in [0.05, 0.1) is 17.9 Å². The molecule has 6 rings (SSSR count). The van der Waals surface area contributed by atoms with Crippen molar-refractivity contribution in [3.63, 3.8) is 0 Å². The summed E-state index contributed by atoms with van der Waals surface area (Å²) in [5.41, 5.74) is 0.343. The molecule has 2 N–H and O–H groups in total. The third kappa shape index (κ3) is 5.06. The van der Waals surface area contributed by atoms with Crippen LogP contribution in [0.2, 0.25) is 10.0 Å². The average Bonchev–Trinajstić information content (AvgIpc) is 3.58. The molecule has 3 fully saturated rings. The molecule has 7 nitrogen and oxygen atoms in total. The number of ether oxygens (including phenoxy) is 1. The first kappa shape index (κ1) is 28.3. The number of nitrogens with zero attached hydrogens (tertiary/aromatic N) is 1. The van der Waals surface area contributed by atoms with E-state index in [0.717, 1.165) is 24.8 Å². The van der Waals surface area contributed by atoms with Gasteiger partial charge in [0.2, 0.25) is 17.7 Å². The third-order valence-corrected chi connectivity index (χ3v) is 10.1. The van der Waals surface area contributed by atoms with Crippen molar-refractivity contribution in [1.82, 2.24) is 10.2 Å². The molecule has 216 valence electrons. The number of halogens is 2. The quantitative estimate of drug-likeness (QED) is 0.427. The summed E-state index contributed by atoms with van der Waals surface area (Å²) in [7, 11) is 0. The van der Waals surface area contributed by atoms with Crippen LogP contribution < -0.4 is 10.6 Å². The van der Waals surface area contributed by atoms with Gasteiger partial charge in [-0.15, -0.1) is 0 Å². The van der Waals surface area contributed by atoms with E-state index in [9.17, 15) is 14.4 Å². The summed E-state index contributed by atoms with van der Waals surface area (Å²) < 4.78 is 6.48. The van der Waals surface area contributed by atoms with Crippen molar-refractivity contribution < 1.29 is 19.1 Å². The zero-order chi connectivity index (χ0) is 28.9. The van der Waals surface area contributed by atoms with Gasteiger partial charge in [-0.2, -0.15) is 0 Å². The Morgan fingerprint density at radius 3 is 2.59 bits per heavy atom. The first-order valence-corrected chi connectivity index (χ1v) is 15.2. The van der Waals surface area contributed by atoms with E-state index in [1.807, 2.05) is 36.4 Å². The summed E-state index contributed by atoms with van der Waals surface area (Å²) in [6.45, 7) is 4.72. The maximum Gasteiger partial charge on any atom is 0.246 e. The lowest BCUT2D eigenvalue weighted by Gasteiger charge is -2.38. The highest BCUT2D eigenvalue weighted by Crippen LogP contribution is 2.55. The monoisotopic (exact) mass is 595 g/mol. The van der Waals surface area contributed by atoms with E-state index in [4.69, 9.17) is 27.9 Å². The van der Waals surface area contributed by atoms with E-state index in [2.05, 4.69) is 24.5 Å². The predicted molar refractivity (Wildman–Crippen MR) is 159 cm³/mol. The average molecular weight is 597 g/mol. The van der Waals surface area contributed by atoms with Crippen LogP contribution in [-0.4, -0.2) is 53.0 Å². The molecule has 0 unspecified atom stereocenters. The highest BCUT2D eigenvalue weighted by Gasteiger charge is 2.72. The van der Waals surface area contributed by atoms with Gasteiger partial charge in [0.1, 0.15) is 11.6 Å². The molecular weight excluding hydrogens is 561 g/mol. The molecule has 2 aromatic carbocycles. The standard InChI is InChI=1S/C32H35Cl2N3O4/c1-18-5-3-8-24(19(18)2)36-30(39)28-32-15-13-25(41-32)26(29(38)35-23-7-4-6-22(34)17-23)27(32)31(40)37(28)16-14-20-9-11-21(33)12-10-20/h4,6-7,9-13,15,17-19,24-28H,3,5,8,14,16H2,1-2H3,(H,35,38)(H,36,39)/t18-,19-,24+,25+,26+,27+,28+,32+/m1/s1.